The van der Waals surface area contributed by atoms with Gasteiger partial charge < -0.3 is 9.30 Å². The standard InChI is InChI=1S/C13H11FN4O/c1-18-7-16-13-10(18)6-15-12(17-13)8-3-4-11(19-2)9(14)5-8/h3-7H,1-2H3. The second-order valence-electron chi connectivity index (χ2n) is 4.11. The van der Waals surface area contributed by atoms with E-state index in [1.54, 1.807) is 24.7 Å². The SMILES string of the molecule is COc1ccc(-c2ncc3c(ncn3C)n2)cc1F. The first-order chi connectivity index (χ1) is 9.19. The third-order valence-electron chi connectivity index (χ3n) is 2.89. The van der Waals surface area contributed by atoms with Crippen molar-refractivity contribution >= 4 is 11.2 Å². The van der Waals surface area contributed by atoms with Gasteiger partial charge in [0, 0.05) is 12.6 Å². The number of rotatable bonds is 2. The number of halogens is 1. The van der Waals surface area contributed by atoms with Crippen molar-refractivity contribution in [3.63, 3.8) is 0 Å². The Hall–Kier alpha value is -2.50. The summed E-state index contributed by atoms with van der Waals surface area (Å²) in [7, 11) is 3.29. The minimum atomic E-state index is -0.440. The zero-order valence-electron chi connectivity index (χ0n) is 10.5. The van der Waals surface area contributed by atoms with E-state index < -0.39 is 5.82 Å². The molecule has 19 heavy (non-hydrogen) atoms. The molecule has 2 aromatic heterocycles. The van der Waals surface area contributed by atoms with Crippen molar-refractivity contribution in [1.29, 1.82) is 0 Å². The Labute approximate surface area is 108 Å². The average molecular weight is 258 g/mol. The molecule has 0 N–H and O–H groups in total. The molecule has 3 rings (SSSR count). The molecule has 2 heterocycles. The zero-order chi connectivity index (χ0) is 13.4. The maximum absolute atomic E-state index is 13.7. The normalized spacial score (nSPS) is 10.9. The summed E-state index contributed by atoms with van der Waals surface area (Å²) < 4.78 is 20.4. The van der Waals surface area contributed by atoms with E-state index in [9.17, 15) is 4.39 Å². The fraction of sp³-hybridized carbons (Fsp3) is 0.154. The highest BCUT2D eigenvalue weighted by molar-refractivity contribution is 5.72. The van der Waals surface area contributed by atoms with Crippen molar-refractivity contribution in [1.82, 2.24) is 19.5 Å². The first kappa shape index (κ1) is 11.6. The van der Waals surface area contributed by atoms with Crippen molar-refractivity contribution in [2.45, 2.75) is 0 Å². The van der Waals surface area contributed by atoms with Gasteiger partial charge in [0.1, 0.15) is 5.52 Å². The van der Waals surface area contributed by atoms with Crippen LogP contribution in [0.4, 0.5) is 4.39 Å². The smallest absolute Gasteiger partial charge is 0.181 e. The monoisotopic (exact) mass is 258 g/mol. The largest absolute Gasteiger partial charge is 0.494 e. The molecule has 0 fully saturated rings. The Bertz CT molecular complexity index is 753. The maximum atomic E-state index is 13.7. The van der Waals surface area contributed by atoms with E-state index in [-0.39, 0.29) is 5.75 Å². The highest BCUT2D eigenvalue weighted by Gasteiger charge is 2.09. The van der Waals surface area contributed by atoms with Crippen LogP contribution in [0, 0.1) is 5.82 Å². The predicted octanol–water partition coefficient (Wildman–Crippen LogP) is 2.18. The molecule has 0 unspecified atom stereocenters. The van der Waals surface area contributed by atoms with Crippen LogP contribution in [0.15, 0.2) is 30.7 Å². The third-order valence-corrected chi connectivity index (χ3v) is 2.89. The summed E-state index contributed by atoms with van der Waals surface area (Å²) in [5, 5.41) is 0. The van der Waals surface area contributed by atoms with Crippen LogP contribution < -0.4 is 4.74 Å². The highest BCUT2D eigenvalue weighted by Crippen LogP contribution is 2.23. The summed E-state index contributed by atoms with van der Waals surface area (Å²) in [6.45, 7) is 0. The molecule has 0 amide bonds. The lowest BCUT2D eigenvalue weighted by atomic mass is 10.2. The van der Waals surface area contributed by atoms with E-state index in [2.05, 4.69) is 15.0 Å². The van der Waals surface area contributed by atoms with Crippen molar-refractivity contribution in [2.75, 3.05) is 7.11 Å². The molecular weight excluding hydrogens is 247 g/mol. The third kappa shape index (κ3) is 1.91. The van der Waals surface area contributed by atoms with Gasteiger partial charge in [-0.2, -0.15) is 0 Å². The molecule has 6 heteroatoms. The van der Waals surface area contributed by atoms with Gasteiger partial charge in [-0.1, -0.05) is 0 Å². The molecule has 0 saturated heterocycles. The molecule has 0 atom stereocenters. The minimum Gasteiger partial charge on any atom is -0.494 e. The molecule has 0 spiro atoms. The number of hydrogen-bond acceptors (Lipinski definition) is 4. The molecule has 0 aliphatic heterocycles. The maximum Gasteiger partial charge on any atom is 0.181 e. The molecule has 96 valence electrons. The summed E-state index contributed by atoms with van der Waals surface area (Å²) in [6.07, 6.45) is 3.34. The fourth-order valence-electron chi connectivity index (χ4n) is 1.86. The van der Waals surface area contributed by atoms with Gasteiger partial charge in [0.2, 0.25) is 0 Å². The Balaban J connectivity index is 2.10. The van der Waals surface area contributed by atoms with E-state index >= 15 is 0 Å². The van der Waals surface area contributed by atoms with Gasteiger partial charge in [0.25, 0.3) is 0 Å². The Kier molecular flexibility index (Phi) is 2.63. The Morgan fingerprint density at radius 1 is 1.26 bits per heavy atom. The molecule has 5 nitrogen and oxygen atoms in total. The van der Waals surface area contributed by atoms with E-state index in [1.807, 2.05) is 11.6 Å². The summed E-state index contributed by atoms with van der Waals surface area (Å²) in [5.41, 5.74) is 2.01. The van der Waals surface area contributed by atoms with Crippen LogP contribution in [0.5, 0.6) is 5.75 Å². The van der Waals surface area contributed by atoms with Gasteiger partial charge >= 0.3 is 0 Å². The Morgan fingerprint density at radius 3 is 2.84 bits per heavy atom. The number of aryl methyl sites for hydroxylation is 1. The lowest BCUT2D eigenvalue weighted by molar-refractivity contribution is 0.386. The highest BCUT2D eigenvalue weighted by atomic mass is 19.1. The van der Waals surface area contributed by atoms with Crippen LogP contribution in [-0.2, 0) is 7.05 Å². The van der Waals surface area contributed by atoms with E-state index in [1.165, 1.54) is 13.2 Å². The average Bonchev–Trinajstić information content (AvgIpc) is 2.80. The van der Waals surface area contributed by atoms with E-state index in [0.29, 0.717) is 17.0 Å². The Morgan fingerprint density at radius 2 is 2.11 bits per heavy atom. The zero-order valence-corrected chi connectivity index (χ0v) is 10.5. The summed E-state index contributed by atoms with van der Waals surface area (Å²) in [6, 6.07) is 4.62. The number of imidazole rings is 1. The van der Waals surface area contributed by atoms with Crippen molar-refractivity contribution < 1.29 is 9.13 Å². The van der Waals surface area contributed by atoms with E-state index in [0.717, 1.165) is 5.52 Å². The van der Waals surface area contributed by atoms with Crippen LogP contribution in [-0.4, -0.2) is 26.6 Å². The van der Waals surface area contributed by atoms with Crippen LogP contribution in [0.1, 0.15) is 0 Å². The molecule has 0 radical (unpaired) electrons. The van der Waals surface area contributed by atoms with Gasteiger partial charge in [0.15, 0.2) is 23.0 Å². The number of benzene rings is 1. The number of hydrogen-bond donors (Lipinski definition) is 0. The van der Waals surface area contributed by atoms with Crippen molar-refractivity contribution in [2.24, 2.45) is 7.05 Å². The molecule has 0 aliphatic rings. The topological polar surface area (TPSA) is 52.8 Å². The van der Waals surface area contributed by atoms with Crippen LogP contribution in [0.3, 0.4) is 0 Å². The minimum absolute atomic E-state index is 0.197. The quantitative estimate of drug-likeness (QED) is 0.707. The second-order valence-corrected chi connectivity index (χ2v) is 4.11. The first-order valence-electron chi connectivity index (χ1n) is 5.67. The molecule has 0 saturated carbocycles. The van der Waals surface area contributed by atoms with Gasteiger partial charge in [-0.15, -0.1) is 0 Å². The summed E-state index contributed by atoms with van der Waals surface area (Å²) in [4.78, 5) is 12.7. The van der Waals surface area contributed by atoms with Gasteiger partial charge in [-0.3, -0.25) is 0 Å². The molecule has 0 aliphatic carbocycles. The van der Waals surface area contributed by atoms with Crippen LogP contribution in [0.2, 0.25) is 0 Å². The number of methoxy groups -OCH3 is 1. The summed E-state index contributed by atoms with van der Waals surface area (Å²) in [5.74, 6) is 0.195. The van der Waals surface area contributed by atoms with Crippen LogP contribution >= 0.6 is 0 Å². The first-order valence-corrected chi connectivity index (χ1v) is 5.67. The van der Waals surface area contributed by atoms with Gasteiger partial charge in [-0.05, 0) is 18.2 Å². The van der Waals surface area contributed by atoms with Crippen LogP contribution in [0.25, 0.3) is 22.6 Å². The number of fused-ring (bicyclic) bond motifs is 1. The lowest BCUT2D eigenvalue weighted by Gasteiger charge is -2.04. The molecular formula is C13H11FN4O. The number of aromatic nitrogens is 4. The molecule has 1 aromatic carbocycles. The molecule has 0 bridgehead atoms. The van der Waals surface area contributed by atoms with Gasteiger partial charge in [0.05, 0.1) is 19.6 Å². The molecule has 3 aromatic rings. The van der Waals surface area contributed by atoms with Crippen molar-refractivity contribution in [3.8, 4) is 17.1 Å². The fourth-order valence-corrected chi connectivity index (χ4v) is 1.86. The van der Waals surface area contributed by atoms with Gasteiger partial charge in [-0.25, -0.2) is 19.3 Å². The second kappa shape index (κ2) is 4.31. The number of nitrogens with zero attached hydrogens (tertiary/aromatic N) is 4. The van der Waals surface area contributed by atoms with E-state index in [4.69, 9.17) is 4.74 Å². The number of ether oxygens (including phenoxy) is 1. The lowest BCUT2D eigenvalue weighted by Crippen LogP contribution is -1.93. The van der Waals surface area contributed by atoms with Crippen molar-refractivity contribution in [3.05, 3.63) is 36.5 Å². The summed E-state index contributed by atoms with van der Waals surface area (Å²) >= 11 is 0. The predicted molar refractivity (Wildman–Crippen MR) is 68.3 cm³/mol.